The SMILES string of the molecule is CCN1CCN(C2CN(c3ncco3)C2)CC1. The molecule has 5 nitrogen and oxygen atoms in total. The summed E-state index contributed by atoms with van der Waals surface area (Å²) in [5.74, 6) is 0. The Bertz CT molecular complexity index is 339. The van der Waals surface area contributed by atoms with Crippen molar-refractivity contribution in [3.8, 4) is 0 Å². The second-order valence-electron chi connectivity index (χ2n) is 4.84. The van der Waals surface area contributed by atoms with E-state index in [-0.39, 0.29) is 0 Å². The van der Waals surface area contributed by atoms with Crippen LogP contribution < -0.4 is 4.90 Å². The van der Waals surface area contributed by atoms with Crippen molar-refractivity contribution in [1.29, 1.82) is 0 Å². The molecule has 0 atom stereocenters. The lowest BCUT2D eigenvalue weighted by Gasteiger charge is -2.47. The minimum absolute atomic E-state index is 0.695. The van der Waals surface area contributed by atoms with Crippen molar-refractivity contribution < 1.29 is 4.42 Å². The fourth-order valence-corrected chi connectivity index (χ4v) is 2.66. The number of aromatic nitrogens is 1. The van der Waals surface area contributed by atoms with E-state index in [1.54, 1.807) is 12.5 Å². The van der Waals surface area contributed by atoms with Crippen molar-refractivity contribution in [1.82, 2.24) is 14.8 Å². The van der Waals surface area contributed by atoms with Crippen molar-refractivity contribution in [2.75, 3.05) is 50.7 Å². The molecule has 0 aromatic carbocycles. The molecule has 0 aliphatic carbocycles. The van der Waals surface area contributed by atoms with Gasteiger partial charge in [0.15, 0.2) is 0 Å². The lowest BCUT2D eigenvalue weighted by molar-refractivity contribution is 0.0844. The van der Waals surface area contributed by atoms with E-state index < -0.39 is 0 Å². The van der Waals surface area contributed by atoms with Gasteiger partial charge in [0, 0.05) is 45.3 Å². The maximum absolute atomic E-state index is 5.30. The van der Waals surface area contributed by atoms with Gasteiger partial charge in [-0.15, -0.1) is 0 Å². The minimum atomic E-state index is 0.695. The van der Waals surface area contributed by atoms with Gasteiger partial charge in [0.25, 0.3) is 6.01 Å². The third-order valence-corrected chi connectivity index (χ3v) is 3.92. The Balaban J connectivity index is 1.47. The molecule has 0 spiro atoms. The molecule has 0 N–H and O–H groups in total. The van der Waals surface area contributed by atoms with Crippen LogP contribution in [0.3, 0.4) is 0 Å². The highest BCUT2D eigenvalue weighted by Crippen LogP contribution is 2.22. The van der Waals surface area contributed by atoms with Crippen LogP contribution in [0, 0.1) is 0 Å². The van der Waals surface area contributed by atoms with Crippen molar-refractivity contribution >= 4 is 6.01 Å². The highest BCUT2D eigenvalue weighted by Gasteiger charge is 2.35. The van der Waals surface area contributed by atoms with Crippen molar-refractivity contribution in [2.24, 2.45) is 0 Å². The number of oxazole rings is 1. The zero-order chi connectivity index (χ0) is 11.7. The fraction of sp³-hybridized carbons (Fsp3) is 0.750. The third kappa shape index (κ3) is 2.17. The van der Waals surface area contributed by atoms with Crippen LogP contribution in [-0.4, -0.2) is 66.6 Å². The predicted molar refractivity (Wildman–Crippen MR) is 66.2 cm³/mol. The summed E-state index contributed by atoms with van der Waals surface area (Å²) in [6.45, 7) is 10.4. The Kier molecular flexibility index (Phi) is 3.03. The summed E-state index contributed by atoms with van der Waals surface area (Å²) in [4.78, 5) is 11.5. The predicted octanol–water partition coefficient (Wildman–Crippen LogP) is 0.501. The molecule has 2 fully saturated rings. The molecule has 3 heterocycles. The Morgan fingerprint density at radius 2 is 2.06 bits per heavy atom. The molecule has 0 amide bonds. The first-order valence-electron chi connectivity index (χ1n) is 6.47. The van der Waals surface area contributed by atoms with E-state index in [0.717, 1.165) is 19.1 Å². The van der Waals surface area contributed by atoms with Crippen LogP contribution in [0.25, 0.3) is 0 Å². The highest BCUT2D eigenvalue weighted by molar-refractivity contribution is 5.31. The standard InChI is InChI=1S/C12H20N4O/c1-2-14-4-6-15(7-5-14)11-9-16(10-11)12-13-3-8-17-12/h3,8,11H,2,4-7,9-10H2,1H3. The molecule has 2 aliphatic heterocycles. The zero-order valence-corrected chi connectivity index (χ0v) is 10.4. The molecule has 0 saturated carbocycles. The molecule has 5 heteroatoms. The van der Waals surface area contributed by atoms with Gasteiger partial charge in [-0.25, -0.2) is 4.98 Å². The monoisotopic (exact) mass is 236 g/mol. The number of rotatable bonds is 3. The summed E-state index contributed by atoms with van der Waals surface area (Å²) in [5.41, 5.74) is 0. The molecule has 0 bridgehead atoms. The summed E-state index contributed by atoms with van der Waals surface area (Å²) < 4.78 is 5.30. The number of hydrogen-bond donors (Lipinski definition) is 0. The normalized spacial score (nSPS) is 23.9. The van der Waals surface area contributed by atoms with Crippen LogP contribution in [0.2, 0.25) is 0 Å². The van der Waals surface area contributed by atoms with E-state index in [1.165, 1.54) is 32.7 Å². The zero-order valence-electron chi connectivity index (χ0n) is 10.4. The molecule has 0 radical (unpaired) electrons. The smallest absolute Gasteiger partial charge is 0.297 e. The summed E-state index contributed by atoms with van der Waals surface area (Å²) in [6.07, 6.45) is 3.35. The van der Waals surface area contributed by atoms with Crippen molar-refractivity contribution in [2.45, 2.75) is 13.0 Å². The Morgan fingerprint density at radius 3 is 2.65 bits per heavy atom. The molecule has 1 aromatic rings. The molecule has 3 rings (SSSR count). The van der Waals surface area contributed by atoms with Crippen LogP contribution in [0.4, 0.5) is 6.01 Å². The second kappa shape index (κ2) is 4.66. The molecule has 17 heavy (non-hydrogen) atoms. The van der Waals surface area contributed by atoms with Gasteiger partial charge in [-0.05, 0) is 6.54 Å². The molecular weight excluding hydrogens is 216 g/mol. The molecule has 94 valence electrons. The maximum Gasteiger partial charge on any atom is 0.297 e. The van der Waals surface area contributed by atoms with Gasteiger partial charge in [0.1, 0.15) is 6.26 Å². The summed E-state index contributed by atoms with van der Waals surface area (Å²) in [5, 5.41) is 0. The van der Waals surface area contributed by atoms with Crippen LogP contribution in [0.5, 0.6) is 0 Å². The Morgan fingerprint density at radius 1 is 1.29 bits per heavy atom. The van der Waals surface area contributed by atoms with Gasteiger partial charge in [0.05, 0.1) is 6.20 Å². The molecular formula is C12H20N4O. The first-order valence-corrected chi connectivity index (χ1v) is 6.47. The van der Waals surface area contributed by atoms with Crippen LogP contribution in [-0.2, 0) is 0 Å². The summed E-state index contributed by atoms with van der Waals surface area (Å²) in [7, 11) is 0. The lowest BCUT2D eigenvalue weighted by Crippen LogP contribution is -2.63. The van der Waals surface area contributed by atoms with Crippen molar-refractivity contribution in [3.63, 3.8) is 0 Å². The molecule has 1 aromatic heterocycles. The van der Waals surface area contributed by atoms with E-state index >= 15 is 0 Å². The number of hydrogen-bond acceptors (Lipinski definition) is 5. The van der Waals surface area contributed by atoms with Crippen LogP contribution >= 0.6 is 0 Å². The number of likely N-dealkylation sites (N-methyl/N-ethyl adjacent to an activating group) is 1. The second-order valence-corrected chi connectivity index (χ2v) is 4.84. The molecule has 0 unspecified atom stereocenters. The van der Waals surface area contributed by atoms with Crippen molar-refractivity contribution in [3.05, 3.63) is 12.5 Å². The van der Waals surface area contributed by atoms with Gasteiger partial charge in [0.2, 0.25) is 0 Å². The average molecular weight is 236 g/mol. The van der Waals surface area contributed by atoms with Gasteiger partial charge in [-0.2, -0.15) is 0 Å². The number of nitrogens with zero attached hydrogens (tertiary/aromatic N) is 4. The fourth-order valence-electron chi connectivity index (χ4n) is 2.66. The maximum atomic E-state index is 5.30. The first kappa shape index (κ1) is 11.0. The van der Waals surface area contributed by atoms with Crippen LogP contribution in [0.1, 0.15) is 6.92 Å². The minimum Gasteiger partial charge on any atom is -0.432 e. The topological polar surface area (TPSA) is 35.8 Å². The van der Waals surface area contributed by atoms with E-state index in [1.807, 2.05) is 0 Å². The first-order chi connectivity index (χ1) is 8.36. The van der Waals surface area contributed by atoms with E-state index in [9.17, 15) is 0 Å². The highest BCUT2D eigenvalue weighted by atomic mass is 16.4. The lowest BCUT2D eigenvalue weighted by atomic mass is 10.1. The third-order valence-electron chi connectivity index (χ3n) is 3.92. The Hall–Kier alpha value is -1.07. The van der Waals surface area contributed by atoms with Gasteiger partial charge >= 0.3 is 0 Å². The summed E-state index contributed by atoms with van der Waals surface area (Å²) >= 11 is 0. The largest absolute Gasteiger partial charge is 0.432 e. The molecule has 2 saturated heterocycles. The van der Waals surface area contributed by atoms with Gasteiger partial charge in [-0.1, -0.05) is 6.92 Å². The van der Waals surface area contributed by atoms with Gasteiger partial charge in [-0.3, -0.25) is 4.90 Å². The molecule has 2 aliphatic rings. The summed E-state index contributed by atoms with van der Waals surface area (Å²) in [6, 6.07) is 1.47. The van der Waals surface area contributed by atoms with Gasteiger partial charge < -0.3 is 14.2 Å². The van der Waals surface area contributed by atoms with Crippen LogP contribution in [0.15, 0.2) is 16.9 Å². The average Bonchev–Trinajstić information content (AvgIpc) is 2.82. The number of piperazine rings is 1. The number of anilines is 1. The Labute approximate surface area is 102 Å². The van der Waals surface area contributed by atoms with E-state index in [4.69, 9.17) is 4.42 Å². The quantitative estimate of drug-likeness (QED) is 0.764. The van der Waals surface area contributed by atoms with E-state index in [2.05, 4.69) is 26.6 Å². The van der Waals surface area contributed by atoms with E-state index in [0.29, 0.717) is 6.04 Å².